The number of carbonyl (C=O) groups is 2. The molecular formula is C20H29N3O3. The third-order valence-corrected chi connectivity index (χ3v) is 5.63. The summed E-state index contributed by atoms with van der Waals surface area (Å²) < 4.78 is 0. The third kappa shape index (κ3) is 4.62. The van der Waals surface area contributed by atoms with E-state index in [1.807, 2.05) is 18.2 Å². The highest BCUT2D eigenvalue weighted by Crippen LogP contribution is 2.45. The van der Waals surface area contributed by atoms with Gasteiger partial charge in [-0.3, -0.25) is 14.5 Å². The summed E-state index contributed by atoms with van der Waals surface area (Å²) in [5, 5.41) is 12.3. The third-order valence-electron chi connectivity index (χ3n) is 5.63. The minimum atomic E-state index is -0.410. The van der Waals surface area contributed by atoms with Gasteiger partial charge in [0.05, 0.1) is 19.1 Å². The maximum absolute atomic E-state index is 12.6. The van der Waals surface area contributed by atoms with Gasteiger partial charge in [-0.15, -0.1) is 0 Å². The fourth-order valence-electron chi connectivity index (χ4n) is 3.62. The van der Waals surface area contributed by atoms with Gasteiger partial charge in [0.1, 0.15) is 0 Å². The summed E-state index contributed by atoms with van der Waals surface area (Å²) in [6.45, 7) is 2.85. The molecule has 0 bridgehead atoms. The lowest BCUT2D eigenvalue weighted by molar-refractivity contribution is -0.138. The molecule has 6 heteroatoms. The SMILES string of the molecule is CN(CC1(CO)CC1)C(=O)CC1C(=O)NCCN1CCc1ccccc1. The van der Waals surface area contributed by atoms with E-state index in [0.717, 1.165) is 32.4 Å². The molecule has 1 aromatic carbocycles. The minimum Gasteiger partial charge on any atom is -0.396 e. The second-order valence-corrected chi connectivity index (χ2v) is 7.69. The number of hydrogen-bond donors (Lipinski definition) is 2. The Morgan fingerprint density at radius 1 is 1.35 bits per heavy atom. The van der Waals surface area contributed by atoms with Gasteiger partial charge in [0, 0.05) is 38.6 Å². The highest BCUT2D eigenvalue weighted by molar-refractivity contribution is 5.88. The lowest BCUT2D eigenvalue weighted by Crippen LogP contribution is -2.57. The quantitative estimate of drug-likeness (QED) is 0.715. The number of nitrogens with zero attached hydrogens (tertiary/aromatic N) is 2. The van der Waals surface area contributed by atoms with Crippen LogP contribution in [0.4, 0.5) is 0 Å². The van der Waals surface area contributed by atoms with E-state index in [-0.39, 0.29) is 30.3 Å². The van der Waals surface area contributed by atoms with E-state index in [9.17, 15) is 14.7 Å². The molecule has 0 radical (unpaired) electrons. The van der Waals surface area contributed by atoms with Crippen molar-refractivity contribution >= 4 is 11.8 Å². The van der Waals surface area contributed by atoms with Gasteiger partial charge in [0.2, 0.25) is 11.8 Å². The van der Waals surface area contributed by atoms with Gasteiger partial charge < -0.3 is 15.3 Å². The Kier molecular flexibility index (Phi) is 5.94. The zero-order valence-electron chi connectivity index (χ0n) is 15.5. The molecule has 2 fully saturated rings. The number of hydrogen-bond acceptors (Lipinski definition) is 4. The highest BCUT2D eigenvalue weighted by Gasteiger charge is 2.44. The van der Waals surface area contributed by atoms with E-state index < -0.39 is 6.04 Å². The van der Waals surface area contributed by atoms with Crippen molar-refractivity contribution in [3.63, 3.8) is 0 Å². The fourth-order valence-corrected chi connectivity index (χ4v) is 3.62. The van der Waals surface area contributed by atoms with Gasteiger partial charge >= 0.3 is 0 Å². The largest absolute Gasteiger partial charge is 0.396 e. The Hall–Kier alpha value is -1.92. The van der Waals surface area contributed by atoms with Crippen LogP contribution in [-0.4, -0.2) is 72.6 Å². The zero-order valence-corrected chi connectivity index (χ0v) is 15.5. The molecule has 2 aliphatic rings. The summed E-state index contributed by atoms with van der Waals surface area (Å²) >= 11 is 0. The Morgan fingerprint density at radius 3 is 2.73 bits per heavy atom. The molecular weight excluding hydrogens is 330 g/mol. The molecule has 2 amide bonds. The molecule has 26 heavy (non-hydrogen) atoms. The van der Waals surface area contributed by atoms with Crippen molar-refractivity contribution in [2.24, 2.45) is 5.41 Å². The van der Waals surface area contributed by atoms with Crippen molar-refractivity contribution in [3.8, 4) is 0 Å². The van der Waals surface area contributed by atoms with E-state index in [2.05, 4.69) is 22.3 Å². The first-order chi connectivity index (χ1) is 12.5. The zero-order chi connectivity index (χ0) is 18.6. The smallest absolute Gasteiger partial charge is 0.237 e. The molecule has 142 valence electrons. The monoisotopic (exact) mass is 359 g/mol. The topological polar surface area (TPSA) is 72.9 Å². The first kappa shape index (κ1) is 18.9. The first-order valence-corrected chi connectivity index (χ1v) is 9.43. The summed E-state index contributed by atoms with van der Waals surface area (Å²) in [4.78, 5) is 28.8. The van der Waals surface area contributed by atoms with E-state index in [4.69, 9.17) is 0 Å². The van der Waals surface area contributed by atoms with Crippen LogP contribution in [0.25, 0.3) is 0 Å². The number of benzene rings is 1. The number of aliphatic hydroxyl groups is 1. The average Bonchev–Trinajstić information content (AvgIpc) is 3.43. The standard InChI is InChI=1S/C20H29N3O3/c1-22(14-20(15-24)8-9-20)18(25)13-17-19(26)21-10-12-23(17)11-7-16-5-3-2-4-6-16/h2-6,17,24H,7-15H2,1H3,(H,21,26). The summed E-state index contributed by atoms with van der Waals surface area (Å²) in [6, 6.07) is 9.79. The molecule has 1 aromatic rings. The van der Waals surface area contributed by atoms with Crippen molar-refractivity contribution in [2.45, 2.75) is 31.7 Å². The molecule has 1 saturated carbocycles. The normalized spacial score (nSPS) is 21.9. The summed E-state index contributed by atoms with van der Waals surface area (Å²) in [7, 11) is 1.77. The van der Waals surface area contributed by atoms with Crippen LogP contribution in [-0.2, 0) is 16.0 Å². The average molecular weight is 359 g/mol. The van der Waals surface area contributed by atoms with Crippen LogP contribution in [0.5, 0.6) is 0 Å². The van der Waals surface area contributed by atoms with Crippen LogP contribution in [0.1, 0.15) is 24.8 Å². The molecule has 1 unspecified atom stereocenters. The van der Waals surface area contributed by atoms with Gasteiger partial charge in [0.15, 0.2) is 0 Å². The second-order valence-electron chi connectivity index (χ2n) is 7.69. The Morgan fingerprint density at radius 2 is 2.08 bits per heavy atom. The van der Waals surface area contributed by atoms with Gasteiger partial charge in [-0.1, -0.05) is 30.3 Å². The maximum atomic E-state index is 12.6. The first-order valence-electron chi connectivity index (χ1n) is 9.43. The van der Waals surface area contributed by atoms with Crippen molar-refractivity contribution in [1.82, 2.24) is 15.1 Å². The van der Waals surface area contributed by atoms with Crippen LogP contribution in [0.3, 0.4) is 0 Å². The lowest BCUT2D eigenvalue weighted by atomic mass is 10.0. The molecule has 1 atom stereocenters. The van der Waals surface area contributed by atoms with Gasteiger partial charge in [-0.25, -0.2) is 0 Å². The van der Waals surface area contributed by atoms with E-state index >= 15 is 0 Å². The van der Waals surface area contributed by atoms with E-state index in [1.54, 1.807) is 11.9 Å². The molecule has 1 aliphatic heterocycles. The number of aliphatic hydroxyl groups excluding tert-OH is 1. The lowest BCUT2D eigenvalue weighted by Gasteiger charge is -2.35. The number of piperazine rings is 1. The summed E-state index contributed by atoms with van der Waals surface area (Å²) in [6.07, 6.45) is 2.99. The van der Waals surface area contributed by atoms with Crippen molar-refractivity contribution in [2.75, 3.05) is 39.8 Å². The number of rotatable bonds is 8. The van der Waals surface area contributed by atoms with Crippen LogP contribution in [0.2, 0.25) is 0 Å². The number of carbonyl (C=O) groups excluding carboxylic acids is 2. The molecule has 1 heterocycles. The van der Waals surface area contributed by atoms with Crippen molar-refractivity contribution in [3.05, 3.63) is 35.9 Å². The molecule has 0 spiro atoms. The molecule has 2 N–H and O–H groups in total. The minimum absolute atomic E-state index is 0.0310. The van der Waals surface area contributed by atoms with Crippen LogP contribution in [0.15, 0.2) is 30.3 Å². The number of amides is 2. The predicted molar refractivity (Wildman–Crippen MR) is 99.5 cm³/mol. The van der Waals surface area contributed by atoms with E-state index in [0.29, 0.717) is 13.1 Å². The van der Waals surface area contributed by atoms with Crippen molar-refractivity contribution in [1.29, 1.82) is 0 Å². The van der Waals surface area contributed by atoms with Crippen LogP contribution < -0.4 is 5.32 Å². The van der Waals surface area contributed by atoms with Gasteiger partial charge in [-0.05, 0) is 24.8 Å². The number of nitrogens with one attached hydrogen (secondary N) is 1. The molecule has 3 rings (SSSR count). The molecule has 0 aromatic heterocycles. The highest BCUT2D eigenvalue weighted by atomic mass is 16.3. The van der Waals surface area contributed by atoms with Crippen LogP contribution >= 0.6 is 0 Å². The van der Waals surface area contributed by atoms with Gasteiger partial charge in [0.25, 0.3) is 0 Å². The summed E-state index contributed by atoms with van der Waals surface area (Å²) in [5.41, 5.74) is 1.13. The van der Waals surface area contributed by atoms with E-state index in [1.165, 1.54) is 5.56 Å². The Bertz CT molecular complexity index is 630. The van der Waals surface area contributed by atoms with Crippen molar-refractivity contribution < 1.29 is 14.7 Å². The maximum Gasteiger partial charge on any atom is 0.237 e. The fraction of sp³-hybridized carbons (Fsp3) is 0.600. The Labute approximate surface area is 155 Å². The molecule has 1 saturated heterocycles. The summed E-state index contributed by atoms with van der Waals surface area (Å²) in [5.74, 6) is -0.0918. The second kappa shape index (κ2) is 8.18. The Balaban J connectivity index is 1.57. The van der Waals surface area contributed by atoms with Gasteiger partial charge in [-0.2, -0.15) is 0 Å². The predicted octanol–water partition coefficient (Wildman–Crippen LogP) is 0.651. The van der Waals surface area contributed by atoms with Crippen LogP contribution in [0, 0.1) is 5.41 Å². The molecule has 6 nitrogen and oxygen atoms in total. The molecule has 1 aliphatic carbocycles.